The average Bonchev–Trinajstić information content (AvgIpc) is 2.34. The van der Waals surface area contributed by atoms with E-state index in [1.54, 1.807) is 0 Å². The third kappa shape index (κ3) is 4.00. The Morgan fingerprint density at radius 2 is 1.94 bits per heavy atom. The van der Waals surface area contributed by atoms with Crippen molar-refractivity contribution < 1.29 is 4.79 Å². The second-order valence-electron chi connectivity index (χ2n) is 3.68. The summed E-state index contributed by atoms with van der Waals surface area (Å²) < 4.78 is 0. The Balaban J connectivity index is 2.37. The van der Waals surface area contributed by atoms with Gasteiger partial charge < -0.3 is 16.8 Å². The minimum atomic E-state index is -0.584. The fraction of sp³-hybridized carbons (Fsp3) is 0.417. The fourth-order valence-corrected chi connectivity index (χ4v) is 1.40. The third-order valence-electron chi connectivity index (χ3n) is 2.37. The number of carbonyl (C=O) groups is 1. The molecule has 1 rings (SSSR count). The summed E-state index contributed by atoms with van der Waals surface area (Å²) in [6.07, 6.45) is 1.81. The summed E-state index contributed by atoms with van der Waals surface area (Å²) in [5, 5.41) is 2.80. The van der Waals surface area contributed by atoms with E-state index < -0.39 is 6.04 Å². The van der Waals surface area contributed by atoms with Crippen LogP contribution in [0.15, 0.2) is 30.3 Å². The second-order valence-corrected chi connectivity index (χ2v) is 3.68. The molecule has 1 aromatic carbocycles. The molecule has 0 bridgehead atoms. The number of benzene rings is 1. The number of carbonyl (C=O) groups excluding carboxylic acids is 1. The minimum Gasteiger partial charge on any atom is -0.354 e. The molecule has 0 heterocycles. The van der Waals surface area contributed by atoms with Crippen molar-refractivity contribution in [3.8, 4) is 0 Å². The summed E-state index contributed by atoms with van der Waals surface area (Å²) in [6.45, 7) is 1.29. The predicted molar refractivity (Wildman–Crippen MR) is 64.7 cm³/mol. The van der Waals surface area contributed by atoms with Gasteiger partial charge in [-0.05, 0) is 24.9 Å². The topological polar surface area (TPSA) is 81.1 Å². The molecular formula is C12H19N3O. The summed E-state index contributed by atoms with van der Waals surface area (Å²) in [6, 6.07) is 8.76. The normalized spacial score (nSPS) is 12.1. The molecular weight excluding hydrogens is 202 g/mol. The first kappa shape index (κ1) is 12.7. The lowest BCUT2D eigenvalue weighted by atomic mass is 10.1. The molecule has 1 unspecified atom stereocenters. The maximum atomic E-state index is 11.6. The van der Waals surface area contributed by atoms with Gasteiger partial charge in [0.1, 0.15) is 6.04 Å². The van der Waals surface area contributed by atoms with Crippen molar-refractivity contribution in [2.24, 2.45) is 11.5 Å². The highest BCUT2D eigenvalue weighted by Crippen LogP contribution is 2.08. The van der Waals surface area contributed by atoms with E-state index in [0.717, 1.165) is 18.4 Å². The molecule has 16 heavy (non-hydrogen) atoms. The van der Waals surface area contributed by atoms with Gasteiger partial charge in [-0.2, -0.15) is 0 Å². The lowest BCUT2D eigenvalue weighted by molar-refractivity contribution is -0.122. The van der Waals surface area contributed by atoms with Crippen LogP contribution < -0.4 is 16.8 Å². The zero-order valence-electron chi connectivity index (χ0n) is 9.36. The molecule has 0 aliphatic rings. The van der Waals surface area contributed by atoms with Crippen LogP contribution in [0.25, 0.3) is 0 Å². The standard InChI is InChI=1S/C12H19N3O/c13-8-4-5-9-15-12(16)11(14)10-6-2-1-3-7-10/h1-3,6-7,11H,4-5,8-9,13-14H2,(H,15,16). The van der Waals surface area contributed by atoms with Crippen LogP contribution in [-0.2, 0) is 4.79 Å². The zero-order valence-corrected chi connectivity index (χ0v) is 9.36. The molecule has 0 aromatic heterocycles. The Kier molecular flexibility index (Phi) is 5.53. The number of amides is 1. The van der Waals surface area contributed by atoms with Gasteiger partial charge in [-0.1, -0.05) is 30.3 Å². The van der Waals surface area contributed by atoms with E-state index in [1.807, 2.05) is 30.3 Å². The summed E-state index contributed by atoms with van der Waals surface area (Å²) in [4.78, 5) is 11.6. The second kappa shape index (κ2) is 6.98. The number of unbranched alkanes of at least 4 members (excludes halogenated alkanes) is 1. The van der Waals surface area contributed by atoms with E-state index in [1.165, 1.54) is 0 Å². The zero-order chi connectivity index (χ0) is 11.8. The van der Waals surface area contributed by atoms with E-state index in [2.05, 4.69) is 5.32 Å². The number of rotatable bonds is 6. The average molecular weight is 221 g/mol. The largest absolute Gasteiger partial charge is 0.354 e. The molecule has 0 fully saturated rings. The van der Waals surface area contributed by atoms with Crippen LogP contribution in [-0.4, -0.2) is 19.0 Å². The van der Waals surface area contributed by atoms with Crippen molar-refractivity contribution in [2.75, 3.05) is 13.1 Å². The lowest BCUT2D eigenvalue weighted by Crippen LogP contribution is -2.34. The Morgan fingerprint density at radius 1 is 1.25 bits per heavy atom. The van der Waals surface area contributed by atoms with Gasteiger partial charge in [-0.15, -0.1) is 0 Å². The van der Waals surface area contributed by atoms with Crippen LogP contribution in [0.2, 0.25) is 0 Å². The van der Waals surface area contributed by atoms with Gasteiger partial charge in [0.25, 0.3) is 0 Å². The van der Waals surface area contributed by atoms with Crippen LogP contribution in [0, 0.1) is 0 Å². The van der Waals surface area contributed by atoms with Crippen LogP contribution in [0.1, 0.15) is 24.4 Å². The van der Waals surface area contributed by atoms with Gasteiger partial charge in [0.2, 0.25) is 5.91 Å². The summed E-state index contributed by atoms with van der Waals surface area (Å²) >= 11 is 0. The van der Waals surface area contributed by atoms with E-state index in [9.17, 15) is 4.79 Å². The molecule has 0 aliphatic heterocycles. The Morgan fingerprint density at radius 3 is 2.56 bits per heavy atom. The van der Waals surface area contributed by atoms with Gasteiger partial charge in [0.05, 0.1) is 0 Å². The highest BCUT2D eigenvalue weighted by atomic mass is 16.2. The predicted octanol–water partition coefficient (Wildman–Crippen LogP) is 0.542. The molecule has 0 saturated heterocycles. The maximum Gasteiger partial charge on any atom is 0.241 e. The number of hydrogen-bond donors (Lipinski definition) is 3. The van der Waals surface area contributed by atoms with Crippen molar-refractivity contribution in [3.05, 3.63) is 35.9 Å². The van der Waals surface area contributed by atoms with Crippen molar-refractivity contribution in [1.29, 1.82) is 0 Å². The quantitative estimate of drug-likeness (QED) is 0.613. The number of nitrogens with one attached hydrogen (secondary N) is 1. The molecule has 4 heteroatoms. The van der Waals surface area contributed by atoms with Gasteiger partial charge in [-0.25, -0.2) is 0 Å². The van der Waals surface area contributed by atoms with Crippen LogP contribution >= 0.6 is 0 Å². The van der Waals surface area contributed by atoms with Crippen LogP contribution in [0.3, 0.4) is 0 Å². The van der Waals surface area contributed by atoms with Crippen molar-refractivity contribution >= 4 is 5.91 Å². The highest BCUT2D eigenvalue weighted by Gasteiger charge is 2.13. The number of nitrogens with two attached hydrogens (primary N) is 2. The van der Waals surface area contributed by atoms with Crippen LogP contribution in [0.5, 0.6) is 0 Å². The van der Waals surface area contributed by atoms with E-state index in [4.69, 9.17) is 11.5 Å². The first-order valence-corrected chi connectivity index (χ1v) is 5.54. The highest BCUT2D eigenvalue weighted by molar-refractivity contribution is 5.82. The molecule has 4 nitrogen and oxygen atoms in total. The smallest absolute Gasteiger partial charge is 0.241 e. The van der Waals surface area contributed by atoms with Crippen molar-refractivity contribution in [3.63, 3.8) is 0 Å². The SMILES string of the molecule is NCCCCNC(=O)C(N)c1ccccc1. The molecule has 88 valence electrons. The molecule has 0 saturated carbocycles. The van der Waals surface area contributed by atoms with E-state index in [0.29, 0.717) is 13.1 Å². The Hall–Kier alpha value is -1.39. The maximum absolute atomic E-state index is 11.6. The third-order valence-corrected chi connectivity index (χ3v) is 2.37. The first-order valence-electron chi connectivity index (χ1n) is 5.54. The molecule has 0 radical (unpaired) electrons. The van der Waals surface area contributed by atoms with Crippen LogP contribution in [0.4, 0.5) is 0 Å². The summed E-state index contributed by atoms with van der Waals surface area (Å²) in [5.41, 5.74) is 12.0. The van der Waals surface area contributed by atoms with Gasteiger partial charge in [0, 0.05) is 6.54 Å². The van der Waals surface area contributed by atoms with Crippen molar-refractivity contribution in [2.45, 2.75) is 18.9 Å². The van der Waals surface area contributed by atoms with Gasteiger partial charge in [0.15, 0.2) is 0 Å². The minimum absolute atomic E-state index is 0.136. The van der Waals surface area contributed by atoms with E-state index >= 15 is 0 Å². The number of hydrogen-bond acceptors (Lipinski definition) is 3. The molecule has 0 aliphatic carbocycles. The monoisotopic (exact) mass is 221 g/mol. The lowest BCUT2D eigenvalue weighted by Gasteiger charge is -2.12. The first-order chi connectivity index (χ1) is 7.75. The molecule has 5 N–H and O–H groups in total. The molecule has 0 spiro atoms. The summed E-state index contributed by atoms with van der Waals surface area (Å²) in [5.74, 6) is -0.136. The Labute approximate surface area is 96.0 Å². The summed E-state index contributed by atoms with van der Waals surface area (Å²) in [7, 11) is 0. The molecule has 1 amide bonds. The van der Waals surface area contributed by atoms with Gasteiger partial charge in [-0.3, -0.25) is 4.79 Å². The van der Waals surface area contributed by atoms with E-state index in [-0.39, 0.29) is 5.91 Å². The molecule has 1 atom stereocenters. The van der Waals surface area contributed by atoms with Gasteiger partial charge >= 0.3 is 0 Å². The molecule has 1 aromatic rings. The fourth-order valence-electron chi connectivity index (χ4n) is 1.40. The Bertz CT molecular complexity index is 313. The van der Waals surface area contributed by atoms with Crippen molar-refractivity contribution in [1.82, 2.24) is 5.32 Å².